The van der Waals surface area contributed by atoms with Crippen LogP contribution in [0.25, 0.3) is 0 Å². The largest absolute Gasteiger partial charge is 0.310 e. The number of rotatable bonds is 6. The van der Waals surface area contributed by atoms with Gasteiger partial charge < -0.3 is 5.32 Å². The number of nitrogens with zero attached hydrogens (tertiary/aromatic N) is 1. The van der Waals surface area contributed by atoms with Crippen LogP contribution in [0.5, 0.6) is 0 Å². The first kappa shape index (κ1) is 15.5. The number of hydrogen-bond donors (Lipinski definition) is 1. The van der Waals surface area contributed by atoms with Crippen LogP contribution < -0.4 is 5.32 Å². The molecular formula is C18H30N2. The van der Waals surface area contributed by atoms with E-state index in [2.05, 4.69) is 75.3 Å². The van der Waals surface area contributed by atoms with Crippen molar-refractivity contribution in [2.24, 2.45) is 5.92 Å². The van der Waals surface area contributed by atoms with Gasteiger partial charge in [-0.2, -0.15) is 0 Å². The summed E-state index contributed by atoms with van der Waals surface area (Å²) >= 11 is 0. The van der Waals surface area contributed by atoms with Crippen molar-refractivity contribution >= 4 is 0 Å². The molecule has 1 fully saturated rings. The maximum Gasteiger partial charge on any atom is 0.0472 e. The molecule has 1 aromatic rings. The van der Waals surface area contributed by atoms with Crippen LogP contribution in [-0.2, 0) is 0 Å². The number of benzene rings is 1. The molecule has 0 heterocycles. The van der Waals surface area contributed by atoms with E-state index in [9.17, 15) is 0 Å². The third-order valence-corrected chi connectivity index (χ3v) is 4.45. The van der Waals surface area contributed by atoms with Crippen molar-refractivity contribution in [3.63, 3.8) is 0 Å². The van der Waals surface area contributed by atoms with Gasteiger partial charge in [0.15, 0.2) is 0 Å². The van der Waals surface area contributed by atoms with Crippen LogP contribution in [0.1, 0.15) is 52.1 Å². The quantitative estimate of drug-likeness (QED) is 0.847. The summed E-state index contributed by atoms with van der Waals surface area (Å²) in [6, 6.07) is 12.0. The van der Waals surface area contributed by atoms with E-state index < -0.39 is 0 Å². The monoisotopic (exact) mass is 274 g/mol. The topological polar surface area (TPSA) is 15.3 Å². The molecule has 1 N–H and O–H groups in total. The van der Waals surface area contributed by atoms with Crippen LogP contribution in [-0.4, -0.2) is 30.1 Å². The summed E-state index contributed by atoms with van der Waals surface area (Å²) < 4.78 is 0. The molecule has 2 rings (SSSR count). The van der Waals surface area contributed by atoms with Gasteiger partial charge in [0.25, 0.3) is 0 Å². The molecule has 0 bridgehead atoms. The molecule has 2 heteroatoms. The van der Waals surface area contributed by atoms with Gasteiger partial charge in [-0.15, -0.1) is 0 Å². The molecule has 2 atom stereocenters. The normalized spacial score (nSPS) is 19.1. The van der Waals surface area contributed by atoms with Gasteiger partial charge in [0, 0.05) is 24.2 Å². The highest BCUT2D eigenvalue weighted by molar-refractivity contribution is 5.20. The molecule has 1 aliphatic carbocycles. The highest BCUT2D eigenvalue weighted by Gasteiger charge is 2.33. The first-order valence-electron chi connectivity index (χ1n) is 7.90. The van der Waals surface area contributed by atoms with Crippen LogP contribution >= 0.6 is 0 Å². The van der Waals surface area contributed by atoms with E-state index in [1.54, 1.807) is 0 Å². The summed E-state index contributed by atoms with van der Waals surface area (Å²) in [7, 11) is 2.28. The highest BCUT2D eigenvalue weighted by atomic mass is 15.2. The van der Waals surface area contributed by atoms with E-state index in [0.29, 0.717) is 12.1 Å². The Morgan fingerprint density at radius 3 is 2.30 bits per heavy atom. The lowest BCUT2D eigenvalue weighted by molar-refractivity contribution is 0.156. The number of nitrogens with one attached hydrogen (secondary N) is 1. The summed E-state index contributed by atoms with van der Waals surface area (Å²) in [5, 5.41) is 3.67. The van der Waals surface area contributed by atoms with Crippen molar-refractivity contribution in [2.45, 2.75) is 58.2 Å². The van der Waals surface area contributed by atoms with Gasteiger partial charge in [-0.3, -0.25) is 4.90 Å². The maximum atomic E-state index is 3.67. The lowest BCUT2D eigenvalue weighted by Gasteiger charge is -2.36. The molecule has 0 spiro atoms. The fourth-order valence-corrected chi connectivity index (χ4v) is 2.77. The zero-order valence-corrected chi connectivity index (χ0v) is 13.7. The predicted molar refractivity (Wildman–Crippen MR) is 86.9 cm³/mol. The third-order valence-electron chi connectivity index (χ3n) is 4.45. The summed E-state index contributed by atoms with van der Waals surface area (Å²) in [4.78, 5) is 2.56. The Morgan fingerprint density at radius 2 is 1.80 bits per heavy atom. The highest BCUT2D eigenvalue weighted by Crippen LogP contribution is 2.37. The van der Waals surface area contributed by atoms with Crippen molar-refractivity contribution in [1.29, 1.82) is 0 Å². The molecule has 112 valence electrons. The Kier molecular flexibility index (Phi) is 4.87. The Morgan fingerprint density at radius 1 is 1.20 bits per heavy atom. The molecule has 1 aliphatic rings. The zero-order chi connectivity index (χ0) is 14.8. The first-order chi connectivity index (χ1) is 9.38. The second-order valence-corrected chi connectivity index (χ2v) is 7.30. The smallest absolute Gasteiger partial charge is 0.0472 e. The Hall–Kier alpha value is -0.860. The van der Waals surface area contributed by atoms with Crippen molar-refractivity contribution < 1.29 is 0 Å². The van der Waals surface area contributed by atoms with Crippen LogP contribution in [0.4, 0.5) is 0 Å². The van der Waals surface area contributed by atoms with E-state index in [1.807, 2.05) is 0 Å². The summed E-state index contributed by atoms with van der Waals surface area (Å²) in [6.07, 6.45) is 2.80. The minimum atomic E-state index is 0.163. The zero-order valence-electron chi connectivity index (χ0n) is 13.7. The molecule has 0 radical (unpaired) electrons. The van der Waals surface area contributed by atoms with Gasteiger partial charge in [-0.1, -0.05) is 30.3 Å². The molecule has 1 saturated carbocycles. The molecule has 0 saturated heterocycles. The van der Waals surface area contributed by atoms with Crippen LogP contribution in [0.15, 0.2) is 30.3 Å². The van der Waals surface area contributed by atoms with E-state index in [0.717, 1.165) is 12.5 Å². The Balaban J connectivity index is 2.10. The average Bonchev–Trinajstić information content (AvgIpc) is 3.22. The van der Waals surface area contributed by atoms with Crippen LogP contribution in [0, 0.1) is 5.92 Å². The molecule has 20 heavy (non-hydrogen) atoms. The number of likely N-dealkylation sites (N-methyl/N-ethyl adjacent to an activating group) is 1. The van der Waals surface area contributed by atoms with Gasteiger partial charge >= 0.3 is 0 Å². The van der Waals surface area contributed by atoms with Crippen molar-refractivity contribution in [3.05, 3.63) is 35.9 Å². The van der Waals surface area contributed by atoms with E-state index in [4.69, 9.17) is 0 Å². The summed E-state index contributed by atoms with van der Waals surface area (Å²) in [6.45, 7) is 10.1. The van der Waals surface area contributed by atoms with E-state index >= 15 is 0 Å². The molecule has 0 aliphatic heterocycles. The molecular weight excluding hydrogens is 244 g/mol. The van der Waals surface area contributed by atoms with E-state index in [1.165, 1.54) is 18.4 Å². The standard InChI is InChI=1S/C18H30N2/c1-14(15-11-12-15)20(5)17(13-19-18(2,3)4)16-9-7-6-8-10-16/h6-10,14-15,17,19H,11-13H2,1-5H3. The second kappa shape index (κ2) is 6.28. The number of hydrogen-bond acceptors (Lipinski definition) is 2. The van der Waals surface area contributed by atoms with Gasteiger partial charge in [-0.05, 0) is 59.1 Å². The minimum Gasteiger partial charge on any atom is -0.310 e. The molecule has 2 nitrogen and oxygen atoms in total. The molecule has 1 aromatic carbocycles. The average molecular weight is 274 g/mol. The van der Waals surface area contributed by atoms with Gasteiger partial charge in [-0.25, -0.2) is 0 Å². The SMILES string of the molecule is CC(C1CC1)N(C)C(CNC(C)(C)C)c1ccccc1. The minimum absolute atomic E-state index is 0.163. The van der Waals surface area contributed by atoms with Crippen LogP contribution in [0.2, 0.25) is 0 Å². The molecule has 0 aromatic heterocycles. The second-order valence-electron chi connectivity index (χ2n) is 7.30. The fourth-order valence-electron chi connectivity index (χ4n) is 2.77. The van der Waals surface area contributed by atoms with Gasteiger partial charge in [0.1, 0.15) is 0 Å². The lowest BCUT2D eigenvalue weighted by Crippen LogP contribution is -2.44. The predicted octanol–water partition coefficient (Wildman–Crippen LogP) is 3.85. The van der Waals surface area contributed by atoms with Crippen molar-refractivity contribution in [2.75, 3.05) is 13.6 Å². The third kappa shape index (κ3) is 4.32. The van der Waals surface area contributed by atoms with Gasteiger partial charge in [0.2, 0.25) is 0 Å². The van der Waals surface area contributed by atoms with Crippen LogP contribution in [0.3, 0.4) is 0 Å². The molecule has 2 unspecified atom stereocenters. The van der Waals surface area contributed by atoms with E-state index in [-0.39, 0.29) is 5.54 Å². The maximum absolute atomic E-state index is 3.67. The Labute approximate surface area is 124 Å². The first-order valence-corrected chi connectivity index (χ1v) is 7.90. The molecule has 0 amide bonds. The fraction of sp³-hybridized carbons (Fsp3) is 0.667. The van der Waals surface area contributed by atoms with Crippen molar-refractivity contribution in [3.8, 4) is 0 Å². The lowest BCUT2D eigenvalue weighted by atomic mass is 10.0. The summed E-state index contributed by atoms with van der Waals surface area (Å²) in [5.74, 6) is 0.904. The summed E-state index contributed by atoms with van der Waals surface area (Å²) in [5.41, 5.74) is 1.58. The van der Waals surface area contributed by atoms with Gasteiger partial charge in [0.05, 0.1) is 0 Å². The Bertz CT molecular complexity index is 403. The van der Waals surface area contributed by atoms with Crippen molar-refractivity contribution in [1.82, 2.24) is 10.2 Å².